The highest BCUT2D eigenvalue weighted by molar-refractivity contribution is 7.89. The van der Waals surface area contributed by atoms with E-state index in [1.54, 1.807) is 6.92 Å². The zero-order chi connectivity index (χ0) is 11.3. The summed E-state index contributed by atoms with van der Waals surface area (Å²) in [7, 11) is -3.37. The molecule has 88 valence electrons. The number of hydrogen-bond donors (Lipinski definition) is 1. The van der Waals surface area contributed by atoms with E-state index in [-0.39, 0.29) is 6.10 Å². The summed E-state index contributed by atoms with van der Waals surface area (Å²) in [5.41, 5.74) is 0. The first kappa shape index (κ1) is 12.7. The summed E-state index contributed by atoms with van der Waals surface area (Å²) in [6, 6.07) is 0. The molecule has 0 aromatic heterocycles. The van der Waals surface area contributed by atoms with Crippen molar-refractivity contribution in [2.45, 2.75) is 44.0 Å². The molecule has 1 heterocycles. The van der Waals surface area contributed by atoms with Gasteiger partial charge in [-0.2, -0.15) is 0 Å². The third-order valence-electron chi connectivity index (χ3n) is 2.62. The molecule has 1 rings (SSSR count). The van der Waals surface area contributed by atoms with Gasteiger partial charge < -0.3 is 4.74 Å². The molecular formula is C10H19NO3S. The van der Waals surface area contributed by atoms with Gasteiger partial charge in [-0.25, -0.2) is 13.6 Å². The van der Waals surface area contributed by atoms with Crippen LogP contribution in [0.1, 0.15) is 32.6 Å². The van der Waals surface area contributed by atoms with E-state index in [9.17, 15) is 8.42 Å². The van der Waals surface area contributed by atoms with E-state index >= 15 is 0 Å². The molecule has 5 heteroatoms. The second-order valence-electron chi connectivity index (χ2n) is 3.96. The predicted molar refractivity (Wildman–Crippen MR) is 59.9 cm³/mol. The van der Waals surface area contributed by atoms with Crippen molar-refractivity contribution < 1.29 is 13.2 Å². The number of ether oxygens (including phenoxy) is 1. The van der Waals surface area contributed by atoms with Gasteiger partial charge in [-0.05, 0) is 32.6 Å². The van der Waals surface area contributed by atoms with Crippen LogP contribution in [0.5, 0.6) is 0 Å². The van der Waals surface area contributed by atoms with Crippen LogP contribution in [0.3, 0.4) is 0 Å². The lowest BCUT2D eigenvalue weighted by Crippen LogP contribution is -2.25. The van der Waals surface area contributed by atoms with Crippen LogP contribution in [0, 0.1) is 0 Å². The van der Waals surface area contributed by atoms with E-state index in [4.69, 9.17) is 9.88 Å². The van der Waals surface area contributed by atoms with Crippen LogP contribution in [0.25, 0.3) is 0 Å². The summed E-state index contributed by atoms with van der Waals surface area (Å²) in [5.74, 6) is 0. The van der Waals surface area contributed by atoms with Crippen molar-refractivity contribution in [3.63, 3.8) is 0 Å². The van der Waals surface area contributed by atoms with Crippen LogP contribution < -0.4 is 5.14 Å². The van der Waals surface area contributed by atoms with Crippen molar-refractivity contribution in [1.29, 1.82) is 0 Å². The summed E-state index contributed by atoms with van der Waals surface area (Å²) in [5, 5.41) is 4.54. The first-order valence-corrected chi connectivity index (χ1v) is 6.91. The lowest BCUT2D eigenvalue weighted by molar-refractivity contribution is 0.145. The third-order valence-corrected chi connectivity index (χ3v) is 3.97. The number of nitrogens with two attached hydrogens (primary N) is 1. The zero-order valence-electron chi connectivity index (χ0n) is 9.06. The SMILES string of the molecule is C[C@H](CCC=C[C@H]1CCCO1)S(N)(=O)=O. The van der Waals surface area contributed by atoms with E-state index in [0.717, 1.165) is 25.9 Å². The zero-order valence-corrected chi connectivity index (χ0v) is 9.87. The van der Waals surface area contributed by atoms with Crippen LogP contribution >= 0.6 is 0 Å². The Morgan fingerprint density at radius 2 is 2.33 bits per heavy atom. The molecule has 2 atom stereocenters. The lowest BCUT2D eigenvalue weighted by Gasteiger charge is -2.06. The third kappa shape index (κ3) is 4.77. The van der Waals surface area contributed by atoms with E-state index in [0.29, 0.717) is 6.42 Å². The quantitative estimate of drug-likeness (QED) is 0.725. The molecule has 15 heavy (non-hydrogen) atoms. The lowest BCUT2D eigenvalue weighted by atomic mass is 10.2. The molecule has 1 fully saturated rings. The van der Waals surface area contributed by atoms with Crippen molar-refractivity contribution in [2.75, 3.05) is 6.61 Å². The highest BCUT2D eigenvalue weighted by Crippen LogP contribution is 2.14. The second kappa shape index (κ2) is 5.63. The molecular weight excluding hydrogens is 214 g/mol. The Labute approximate surface area is 91.5 Å². The summed E-state index contributed by atoms with van der Waals surface area (Å²) >= 11 is 0. The minimum Gasteiger partial charge on any atom is -0.374 e. The van der Waals surface area contributed by atoms with Gasteiger partial charge in [0.1, 0.15) is 0 Å². The van der Waals surface area contributed by atoms with Crippen LogP contribution in [-0.4, -0.2) is 26.4 Å². The number of sulfonamides is 1. The van der Waals surface area contributed by atoms with Crippen molar-refractivity contribution in [2.24, 2.45) is 5.14 Å². The smallest absolute Gasteiger partial charge is 0.211 e. The monoisotopic (exact) mass is 233 g/mol. The van der Waals surface area contributed by atoms with Gasteiger partial charge >= 0.3 is 0 Å². The first-order chi connectivity index (χ1) is 7.00. The molecule has 0 aromatic rings. The molecule has 1 aliphatic heterocycles. The maximum Gasteiger partial charge on any atom is 0.211 e. The molecule has 4 nitrogen and oxygen atoms in total. The number of primary sulfonamides is 1. The van der Waals surface area contributed by atoms with E-state index in [1.807, 2.05) is 12.2 Å². The summed E-state index contributed by atoms with van der Waals surface area (Å²) < 4.78 is 27.2. The number of hydrogen-bond acceptors (Lipinski definition) is 3. The number of allylic oxidation sites excluding steroid dienone is 1. The van der Waals surface area contributed by atoms with Crippen molar-refractivity contribution in [3.05, 3.63) is 12.2 Å². The fraction of sp³-hybridized carbons (Fsp3) is 0.800. The van der Waals surface area contributed by atoms with Crippen molar-refractivity contribution in [3.8, 4) is 0 Å². The summed E-state index contributed by atoms with van der Waals surface area (Å²) in [6.45, 7) is 2.47. The fourth-order valence-electron chi connectivity index (χ4n) is 1.50. The van der Waals surface area contributed by atoms with Gasteiger partial charge in [0.25, 0.3) is 0 Å². The molecule has 2 N–H and O–H groups in total. The van der Waals surface area contributed by atoms with Crippen LogP contribution in [0.2, 0.25) is 0 Å². The maximum atomic E-state index is 10.9. The predicted octanol–water partition coefficient (Wildman–Crippen LogP) is 1.18. The highest BCUT2D eigenvalue weighted by Gasteiger charge is 2.14. The fourth-order valence-corrected chi connectivity index (χ4v) is 1.96. The van der Waals surface area contributed by atoms with Gasteiger partial charge in [-0.3, -0.25) is 0 Å². The highest BCUT2D eigenvalue weighted by atomic mass is 32.2. The average Bonchev–Trinajstić information content (AvgIpc) is 2.63. The van der Waals surface area contributed by atoms with Gasteiger partial charge in [-0.1, -0.05) is 12.2 Å². The van der Waals surface area contributed by atoms with E-state index in [1.165, 1.54) is 0 Å². The van der Waals surface area contributed by atoms with Gasteiger partial charge in [0.2, 0.25) is 10.0 Å². The van der Waals surface area contributed by atoms with Crippen molar-refractivity contribution >= 4 is 10.0 Å². The van der Waals surface area contributed by atoms with Gasteiger partial charge in [0, 0.05) is 6.61 Å². The molecule has 0 aliphatic carbocycles. The largest absolute Gasteiger partial charge is 0.374 e. The normalized spacial score (nSPS) is 24.8. The Hall–Kier alpha value is -0.390. The molecule has 0 amide bonds. The van der Waals surface area contributed by atoms with Gasteiger partial charge in [0.15, 0.2) is 0 Å². The average molecular weight is 233 g/mol. The topological polar surface area (TPSA) is 69.4 Å². The Morgan fingerprint density at radius 3 is 2.87 bits per heavy atom. The van der Waals surface area contributed by atoms with Gasteiger partial charge in [-0.15, -0.1) is 0 Å². The molecule has 1 saturated heterocycles. The molecule has 0 unspecified atom stereocenters. The number of rotatable bonds is 5. The maximum absolute atomic E-state index is 10.9. The minimum absolute atomic E-state index is 0.231. The van der Waals surface area contributed by atoms with Gasteiger partial charge in [0.05, 0.1) is 11.4 Å². The minimum atomic E-state index is -3.37. The summed E-state index contributed by atoms with van der Waals surface area (Å²) in [6.07, 6.45) is 7.72. The molecule has 0 spiro atoms. The second-order valence-corrected chi connectivity index (χ2v) is 5.94. The molecule has 0 saturated carbocycles. The first-order valence-electron chi connectivity index (χ1n) is 5.30. The standard InChI is InChI=1S/C10H19NO3S/c1-9(15(11,12)13)5-2-3-6-10-7-4-8-14-10/h3,6,9-10H,2,4-5,7-8H2,1H3,(H2,11,12,13)/t9-,10+/m1/s1. The molecule has 1 aliphatic rings. The molecule has 0 bridgehead atoms. The van der Waals surface area contributed by atoms with Crippen LogP contribution in [-0.2, 0) is 14.8 Å². The Balaban J connectivity index is 2.20. The summed E-state index contributed by atoms with van der Waals surface area (Å²) in [4.78, 5) is 0. The Morgan fingerprint density at radius 1 is 1.60 bits per heavy atom. The molecule has 0 aromatic carbocycles. The van der Waals surface area contributed by atoms with E-state index < -0.39 is 15.3 Å². The van der Waals surface area contributed by atoms with Crippen molar-refractivity contribution in [1.82, 2.24) is 0 Å². The molecule has 0 radical (unpaired) electrons. The Kier molecular flexibility index (Phi) is 4.76. The van der Waals surface area contributed by atoms with Crippen LogP contribution in [0.4, 0.5) is 0 Å². The van der Waals surface area contributed by atoms with E-state index in [2.05, 4.69) is 0 Å². The Bertz CT molecular complexity index is 305. The van der Waals surface area contributed by atoms with Crippen LogP contribution in [0.15, 0.2) is 12.2 Å².